The van der Waals surface area contributed by atoms with E-state index in [2.05, 4.69) is 20.8 Å². The Hall–Kier alpha value is -2.72. The number of nitrogens with zero attached hydrogens (tertiary/aromatic N) is 3. The van der Waals surface area contributed by atoms with Gasteiger partial charge in [0.1, 0.15) is 5.82 Å². The molecule has 5 heteroatoms. The maximum absolute atomic E-state index is 13.6. The lowest BCUT2D eigenvalue weighted by molar-refractivity contribution is 0.214. The van der Waals surface area contributed by atoms with Crippen LogP contribution in [0.2, 0.25) is 5.02 Å². The number of hydrogen-bond donors (Lipinski definition) is 0. The number of benzene rings is 2. The van der Waals surface area contributed by atoms with E-state index in [1.807, 2.05) is 47.1 Å². The summed E-state index contributed by atoms with van der Waals surface area (Å²) in [4.78, 5) is 5.11. The summed E-state index contributed by atoms with van der Waals surface area (Å²) >= 11 is 6.09. The molecule has 5 rings (SSSR count). The number of aromatic nitrogens is 3. The van der Waals surface area contributed by atoms with Gasteiger partial charge in [0.15, 0.2) is 5.65 Å². The molecule has 158 valence electrons. The molecule has 2 aromatic carbocycles. The normalized spacial score (nSPS) is 16.5. The van der Waals surface area contributed by atoms with Crippen LogP contribution in [0.3, 0.4) is 0 Å². The Kier molecular flexibility index (Phi) is 4.86. The first-order valence-electron chi connectivity index (χ1n) is 10.7. The lowest BCUT2D eigenvalue weighted by Crippen LogP contribution is -2.29. The van der Waals surface area contributed by atoms with E-state index in [9.17, 15) is 4.39 Å². The van der Waals surface area contributed by atoms with Crippen molar-refractivity contribution < 1.29 is 4.39 Å². The van der Waals surface area contributed by atoms with Gasteiger partial charge in [-0.05, 0) is 72.6 Å². The monoisotopic (exact) mass is 433 g/mol. The van der Waals surface area contributed by atoms with Gasteiger partial charge >= 0.3 is 0 Å². The molecule has 0 saturated heterocycles. The summed E-state index contributed by atoms with van der Waals surface area (Å²) in [6, 6.07) is 14.4. The molecule has 1 aliphatic rings. The standard InChI is InChI=1S/C26H25ClFN3/c1-26(2,3)18-8-13-23-21(14-18)24(17-6-11-20(28)12-7-17)30-25-22(15-29-31(23)25)16-4-9-19(27)10-5-16/h4-7,9-12,15,18H,8,13-14H2,1-3H3/t18-/m0/s1. The second-order valence-electron chi connectivity index (χ2n) is 9.50. The average molecular weight is 434 g/mol. The van der Waals surface area contributed by atoms with Crippen molar-refractivity contribution in [3.8, 4) is 22.4 Å². The van der Waals surface area contributed by atoms with E-state index in [0.717, 1.165) is 47.3 Å². The molecule has 0 aliphatic heterocycles. The maximum Gasteiger partial charge on any atom is 0.163 e. The summed E-state index contributed by atoms with van der Waals surface area (Å²) in [5.74, 6) is 0.321. The van der Waals surface area contributed by atoms with E-state index in [-0.39, 0.29) is 11.2 Å². The first kappa shape index (κ1) is 20.2. The second kappa shape index (κ2) is 7.45. The molecule has 0 bridgehead atoms. The van der Waals surface area contributed by atoms with Crippen LogP contribution in [0, 0.1) is 17.2 Å². The van der Waals surface area contributed by atoms with Gasteiger partial charge in [-0.15, -0.1) is 0 Å². The quantitative estimate of drug-likeness (QED) is 0.340. The Morgan fingerprint density at radius 3 is 2.35 bits per heavy atom. The number of aryl methyl sites for hydroxylation is 1. The third kappa shape index (κ3) is 3.63. The zero-order chi connectivity index (χ0) is 21.8. The highest BCUT2D eigenvalue weighted by Crippen LogP contribution is 2.41. The molecule has 3 nitrogen and oxygen atoms in total. The van der Waals surface area contributed by atoms with Crippen LogP contribution in [0.5, 0.6) is 0 Å². The molecule has 1 atom stereocenters. The number of rotatable bonds is 2. The van der Waals surface area contributed by atoms with Crippen molar-refractivity contribution >= 4 is 17.2 Å². The number of halogens is 2. The third-order valence-electron chi connectivity index (χ3n) is 6.53. The third-order valence-corrected chi connectivity index (χ3v) is 6.78. The molecule has 0 saturated carbocycles. The molecule has 0 spiro atoms. The zero-order valence-electron chi connectivity index (χ0n) is 18.0. The van der Waals surface area contributed by atoms with E-state index < -0.39 is 0 Å². The van der Waals surface area contributed by atoms with Crippen molar-refractivity contribution in [3.05, 3.63) is 76.8 Å². The minimum Gasteiger partial charge on any atom is -0.228 e. The predicted molar refractivity (Wildman–Crippen MR) is 124 cm³/mol. The van der Waals surface area contributed by atoms with Crippen molar-refractivity contribution in [2.45, 2.75) is 40.0 Å². The Balaban J connectivity index is 1.74. The molecule has 2 heterocycles. The summed E-state index contributed by atoms with van der Waals surface area (Å²) < 4.78 is 15.6. The van der Waals surface area contributed by atoms with Gasteiger partial charge in [-0.1, -0.05) is 44.5 Å². The Labute approximate surface area is 186 Å². The van der Waals surface area contributed by atoms with Gasteiger partial charge < -0.3 is 0 Å². The smallest absolute Gasteiger partial charge is 0.163 e. The number of hydrogen-bond acceptors (Lipinski definition) is 2. The molecule has 0 unspecified atom stereocenters. The van der Waals surface area contributed by atoms with E-state index >= 15 is 0 Å². The second-order valence-corrected chi connectivity index (χ2v) is 9.94. The Morgan fingerprint density at radius 1 is 1.00 bits per heavy atom. The van der Waals surface area contributed by atoms with Crippen molar-refractivity contribution in [3.63, 3.8) is 0 Å². The van der Waals surface area contributed by atoms with Gasteiger partial charge in [-0.25, -0.2) is 13.9 Å². The Bertz CT molecular complexity index is 1250. The first-order valence-corrected chi connectivity index (χ1v) is 11.1. The predicted octanol–water partition coefficient (Wildman–Crippen LogP) is 7.01. The molecule has 31 heavy (non-hydrogen) atoms. The zero-order valence-corrected chi connectivity index (χ0v) is 18.7. The first-order chi connectivity index (χ1) is 14.8. The fraction of sp³-hybridized carbons (Fsp3) is 0.308. The summed E-state index contributed by atoms with van der Waals surface area (Å²) in [6.07, 6.45) is 4.90. The highest BCUT2D eigenvalue weighted by molar-refractivity contribution is 6.30. The van der Waals surface area contributed by atoms with Crippen LogP contribution in [0.15, 0.2) is 54.7 Å². The van der Waals surface area contributed by atoms with Crippen molar-refractivity contribution in [2.24, 2.45) is 11.3 Å². The Morgan fingerprint density at radius 2 is 1.68 bits per heavy atom. The molecule has 0 N–H and O–H groups in total. The summed E-state index contributed by atoms with van der Waals surface area (Å²) in [7, 11) is 0. The van der Waals surface area contributed by atoms with Crippen LogP contribution in [0.25, 0.3) is 28.0 Å². The highest BCUT2D eigenvalue weighted by atomic mass is 35.5. The molecule has 0 radical (unpaired) electrons. The minimum atomic E-state index is -0.238. The molecule has 0 fully saturated rings. The average Bonchev–Trinajstić information content (AvgIpc) is 3.17. The summed E-state index contributed by atoms with van der Waals surface area (Å²) in [6.45, 7) is 6.91. The highest BCUT2D eigenvalue weighted by Gasteiger charge is 2.32. The topological polar surface area (TPSA) is 30.2 Å². The molecule has 2 aromatic heterocycles. The summed E-state index contributed by atoms with van der Waals surface area (Å²) in [5.41, 5.74) is 7.37. The van der Waals surface area contributed by atoms with E-state index in [1.54, 1.807) is 0 Å². The van der Waals surface area contributed by atoms with Gasteiger partial charge in [-0.2, -0.15) is 5.10 Å². The van der Waals surface area contributed by atoms with Gasteiger partial charge in [0.25, 0.3) is 0 Å². The van der Waals surface area contributed by atoms with Crippen molar-refractivity contribution in [1.82, 2.24) is 14.6 Å². The van der Waals surface area contributed by atoms with Gasteiger partial charge in [-0.3, -0.25) is 0 Å². The molecule has 4 aromatic rings. The van der Waals surface area contributed by atoms with Crippen LogP contribution in [-0.2, 0) is 12.8 Å². The van der Waals surface area contributed by atoms with Gasteiger partial charge in [0.05, 0.1) is 11.9 Å². The fourth-order valence-electron chi connectivity index (χ4n) is 4.63. The van der Waals surface area contributed by atoms with E-state index in [4.69, 9.17) is 21.7 Å². The lowest BCUT2D eigenvalue weighted by Gasteiger charge is -2.35. The van der Waals surface area contributed by atoms with Crippen LogP contribution in [0.4, 0.5) is 4.39 Å². The largest absolute Gasteiger partial charge is 0.228 e. The van der Waals surface area contributed by atoms with Crippen LogP contribution < -0.4 is 0 Å². The molecule has 0 amide bonds. The van der Waals surface area contributed by atoms with E-state index in [1.165, 1.54) is 23.4 Å². The molecule has 1 aliphatic carbocycles. The van der Waals surface area contributed by atoms with Crippen LogP contribution in [-0.4, -0.2) is 14.6 Å². The van der Waals surface area contributed by atoms with Gasteiger partial charge in [0, 0.05) is 27.4 Å². The molecular formula is C26H25ClFN3. The van der Waals surface area contributed by atoms with Crippen molar-refractivity contribution in [1.29, 1.82) is 0 Å². The maximum atomic E-state index is 13.6. The van der Waals surface area contributed by atoms with Crippen LogP contribution in [0.1, 0.15) is 38.4 Å². The van der Waals surface area contributed by atoms with Crippen molar-refractivity contribution in [2.75, 3.05) is 0 Å². The SMILES string of the molecule is CC(C)(C)[C@H]1CCc2c(c(-c3ccc(F)cc3)nc3c(-c4ccc(Cl)cc4)cnn23)C1. The van der Waals surface area contributed by atoms with E-state index in [0.29, 0.717) is 10.9 Å². The lowest BCUT2D eigenvalue weighted by atomic mass is 9.71. The molecular weight excluding hydrogens is 409 g/mol. The fourth-order valence-corrected chi connectivity index (χ4v) is 4.76. The number of fused-ring (bicyclic) bond motifs is 3. The van der Waals surface area contributed by atoms with Crippen LogP contribution >= 0.6 is 11.6 Å². The van der Waals surface area contributed by atoms with Gasteiger partial charge in [0.2, 0.25) is 0 Å². The minimum absolute atomic E-state index is 0.214. The summed E-state index contributed by atoms with van der Waals surface area (Å²) in [5, 5.41) is 5.43.